The molecular formula is C26H20ClFN4O. The molecule has 2 N–H and O–H groups in total. The number of aromatic nitrogens is 3. The normalized spacial score (nSPS) is 11.2. The van der Waals surface area contributed by atoms with E-state index in [-0.39, 0.29) is 18.3 Å². The Kier molecular flexibility index (Phi) is 5.52. The maximum absolute atomic E-state index is 14.4. The molecule has 5 aromatic rings. The van der Waals surface area contributed by atoms with Crippen LogP contribution in [0.4, 0.5) is 4.39 Å². The summed E-state index contributed by atoms with van der Waals surface area (Å²) in [6.45, 7) is 2.05. The van der Waals surface area contributed by atoms with Crippen LogP contribution in [-0.4, -0.2) is 20.9 Å². The standard InChI is InChI=1S/C26H20ClFN4O/c1-15-12-30-25-11-23(28)19(9-22(15)25)14-32-26(33)18-4-5-29-21(8-18)7-16-6-17-2-3-20(27)10-24(17)31-13-16/h2-6,8-13,30H,7,14H2,1H3,(H,32,33). The van der Waals surface area contributed by atoms with Crippen molar-refractivity contribution in [2.45, 2.75) is 19.9 Å². The first-order valence-electron chi connectivity index (χ1n) is 10.5. The van der Waals surface area contributed by atoms with Gasteiger partial charge in [-0.1, -0.05) is 17.7 Å². The highest BCUT2D eigenvalue weighted by Crippen LogP contribution is 2.22. The molecule has 0 atom stereocenters. The van der Waals surface area contributed by atoms with E-state index in [2.05, 4.69) is 20.3 Å². The third-order valence-corrected chi connectivity index (χ3v) is 5.90. The van der Waals surface area contributed by atoms with E-state index in [0.29, 0.717) is 22.6 Å². The second kappa shape index (κ2) is 8.64. The zero-order valence-corrected chi connectivity index (χ0v) is 18.6. The average Bonchev–Trinajstić information content (AvgIpc) is 3.17. The molecular weight excluding hydrogens is 439 g/mol. The fourth-order valence-electron chi connectivity index (χ4n) is 3.90. The minimum atomic E-state index is -0.356. The van der Waals surface area contributed by atoms with Gasteiger partial charge < -0.3 is 10.3 Å². The zero-order chi connectivity index (χ0) is 22.9. The number of aryl methyl sites for hydroxylation is 1. The first-order valence-corrected chi connectivity index (χ1v) is 10.9. The number of carbonyl (C=O) groups is 1. The number of benzene rings is 2. The van der Waals surface area contributed by atoms with Crippen LogP contribution < -0.4 is 5.32 Å². The van der Waals surface area contributed by atoms with Crippen molar-refractivity contribution in [3.05, 3.63) is 106 Å². The molecule has 5 rings (SSSR count). The summed E-state index contributed by atoms with van der Waals surface area (Å²) in [4.78, 5) is 24.6. The SMILES string of the molecule is Cc1c[nH]c2cc(F)c(CNC(=O)c3ccnc(Cc4cnc5cc(Cl)ccc5c4)c3)cc12. The number of amides is 1. The fraction of sp³-hybridized carbons (Fsp3) is 0.115. The molecule has 3 aromatic heterocycles. The molecule has 0 bridgehead atoms. The van der Waals surface area contributed by atoms with Gasteiger partial charge in [-0.2, -0.15) is 0 Å². The highest BCUT2D eigenvalue weighted by Gasteiger charge is 2.12. The van der Waals surface area contributed by atoms with Crippen LogP contribution in [0, 0.1) is 12.7 Å². The Morgan fingerprint density at radius 1 is 1.12 bits per heavy atom. The average molecular weight is 459 g/mol. The summed E-state index contributed by atoms with van der Waals surface area (Å²) in [6, 6.07) is 14.2. The summed E-state index contributed by atoms with van der Waals surface area (Å²) in [6.07, 6.45) is 5.76. The summed E-state index contributed by atoms with van der Waals surface area (Å²) in [5, 5.41) is 5.39. The van der Waals surface area contributed by atoms with E-state index in [1.807, 2.05) is 37.4 Å². The quantitative estimate of drug-likeness (QED) is 0.353. The number of hydrogen-bond acceptors (Lipinski definition) is 3. The Balaban J connectivity index is 1.30. The lowest BCUT2D eigenvalue weighted by Crippen LogP contribution is -2.23. The van der Waals surface area contributed by atoms with Crippen molar-refractivity contribution >= 4 is 39.3 Å². The maximum Gasteiger partial charge on any atom is 0.251 e. The van der Waals surface area contributed by atoms with Crippen LogP contribution in [0.2, 0.25) is 5.02 Å². The smallest absolute Gasteiger partial charge is 0.251 e. The molecule has 0 radical (unpaired) electrons. The van der Waals surface area contributed by atoms with Gasteiger partial charge in [0.2, 0.25) is 0 Å². The Labute approximate surface area is 194 Å². The highest BCUT2D eigenvalue weighted by atomic mass is 35.5. The molecule has 1 amide bonds. The summed E-state index contributed by atoms with van der Waals surface area (Å²) in [5.74, 6) is -0.639. The minimum absolute atomic E-state index is 0.0973. The van der Waals surface area contributed by atoms with E-state index in [4.69, 9.17) is 11.6 Å². The first kappa shape index (κ1) is 21.1. The number of hydrogen-bond donors (Lipinski definition) is 2. The second-order valence-corrected chi connectivity index (χ2v) is 8.47. The van der Waals surface area contributed by atoms with Crippen molar-refractivity contribution in [1.82, 2.24) is 20.3 Å². The molecule has 0 saturated heterocycles. The van der Waals surface area contributed by atoms with Crippen molar-refractivity contribution in [3.8, 4) is 0 Å². The van der Waals surface area contributed by atoms with E-state index in [1.54, 1.807) is 30.6 Å². The number of nitrogens with one attached hydrogen (secondary N) is 2. The third kappa shape index (κ3) is 4.43. The minimum Gasteiger partial charge on any atom is -0.361 e. The summed E-state index contributed by atoms with van der Waals surface area (Å²) in [5.41, 5.74) is 5.23. The van der Waals surface area contributed by atoms with Crippen molar-refractivity contribution < 1.29 is 9.18 Å². The Bertz CT molecular complexity index is 1510. The topological polar surface area (TPSA) is 70.7 Å². The van der Waals surface area contributed by atoms with Gasteiger partial charge in [-0.25, -0.2) is 4.39 Å². The van der Waals surface area contributed by atoms with Gasteiger partial charge in [-0.15, -0.1) is 0 Å². The zero-order valence-electron chi connectivity index (χ0n) is 17.8. The van der Waals surface area contributed by atoms with Gasteiger partial charge in [-0.05, 0) is 60.5 Å². The van der Waals surface area contributed by atoms with Crippen LogP contribution in [0.25, 0.3) is 21.8 Å². The van der Waals surface area contributed by atoms with E-state index >= 15 is 0 Å². The van der Waals surface area contributed by atoms with E-state index < -0.39 is 0 Å². The number of halogens is 2. The number of carbonyl (C=O) groups excluding carboxylic acids is 1. The first-order chi connectivity index (χ1) is 16.0. The number of rotatable bonds is 5. The lowest BCUT2D eigenvalue weighted by atomic mass is 10.1. The van der Waals surface area contributed by atoms with Gasteiger partial charge in [0.15, 0.2) is 0 Å². The van der Waals surface area contributed by atoms with Crippen LogP contribution in [0.3, 0.4) is 0 Å². The molecule has 0 aliphatic rings. The monoisotopic (exact) mass is 458 g/mol. The largest absolute Gasteiger partial charge is 0.361 e. The van der Waals surface area contributed by atoms with Gasteiger partial charge in [0.25, 0.3) is 5.91 Å². The van der Waals surface area contributed by atoms with Gasteiger partial charge in [0, 0.05) is 69.7 Å². The van der Waals surface area contributed by atoms with Gasteiger partial charge in [-0.3, -0.25) is 14.8 Å². The van der Waals surface area contributed by atoms with Gasteiger partial charge >= 0.3 is 0 Å². The van der Waals surface area contributed by atoms with Crippen molar-refractivity contribution in [1.29, 1.82) is 0 Å². The molecule has 0 fully saturated rings. The van der Waals surface area contributed by atoms with Crippen LogP contribution in [-0.2, 0) is 13.0 Å². The van der Waals surface area contributed by atoms with Crippen LogP contribution >= 0.6 is 11.6 Å². The molecule has 3 heterocycles. The number of H-pyrrole nitrogens is 1. The number of aromatic amines is 1. The molecule has 0 saturated carbocycles. The molecule has 7 heteroatoms. The van der Waals surface area contributed by atoms with E-state index in [0.717, 1.165) is 38.6 Å². The summed E-state index contributed by atoms with van der Waals surface area (Å²) < 4.78 is 14.4. The molecule has 33 heavy (non-hydrogen) atoms. The number of nitrogens with zero attached hydrogens (tertiary/aromatic N) is 2. The van der Waals surface area contributed by atoms with E-state index in [1.165, 1.54) is 6.07 Å². The van der Waals surface area contributed by atoms with Crippen LogP contribution in [0.5, 0.6) is 0 Å². The molecule has 2 aromatic carbocycles. The van der Waals surface area contributed by atoms with Crippen LogP contribution in [0.15, 0.2) is 67.1 Å². The summed E-state index contributed by atoms with van der Waals surface area (Å²) >= 11 is 6.03. The highest BCUT2D eigenvalue weighted by molar-refractivity contribution is 6.31. The molecule has 0 unspecified atom stereocenters. The van der Waals surface area contributed by atoms with Crippen LogP contribution in [0.1, 0.15) is 32.7 Å². The van der Waals surface area contributed by atoms with Crippen molar-refractivity contribution in [2.24, 2.45) is 0 Å². The molecule has 5 nitrogen and oxygen atoms in total. The number of pyridine rings is 2. The second-order valence-electron chi connectivity index (χ2n) is 8.04. The Morgan fingerprint density at radius 2 is 2.00 bits per heavy atom. The Hall–Kier alpha value is -3.77. The van der Waals surface area contributed by atoms with E-state index in [9.17, 15) is 9.18 Å². The predicted molar refractivity (Wildman–Crippen MR) is 128 cm³/mol. The molecule has 0 aliphatic heterocycles. The Morgan fingerprint density at radius 3 is 2.88 bits per heavy atom. The van der Waals surface area contributed by atoms with Gasteiger partial charge in [0.1, 0.15) is 5.82 Å². The van der Waals surface area contributed by atoms with Crippen molar-refractivity contribution in [2.75, 3.05) is 0 Å². The molecule has 0 aliphatic carbocycles. The predicted octanol–water partition coefficient (Wildman–Crippen LogP) is 5.73. The maximum atomic E-state index is 14.4. The van der Waals surface area contributed by atoms with Crippen molar-refractivity contribution in [3.63, 3.8) is 0 Å². The third-order valence-electron chi connectivity index (χ3n) is 5.66. The number of fused-ring (bicyclic) bond motifs is 2. The lowest BCUT2D eigenvalue weighted by Gasteiger charge is -2.09. The summed E-state index contributed by atoms with van der Waals surface area (Å²) in [7, 11) is 0. The van der Waals surface area contributed by atoms with Gasteiger partial charge in [0.05, 0.1) is 5.52 Å². The molecule has 0 spiro atoms. The lowest BCUT2D eigenvalue weighted by molar-refractivity contribution is 0.0950. The fourth-order valence-corrected chi connectivity index (χ4v) is 4.07. The molecule has 164 valence electrons.